The minimum absolute atomic E-state index is 0.986. The van der Waals surface area contributed by atoms with Gasteiger partial charge in [-0.05, 0) is 0 Å². The molecule has 0 aromatic heterocycles. The van der Waals surface area contributed by atoms with Crippen LogP contribution in [0.3, 0.4) is 0 Å². The second kappa shape index (κ2) is 13.9. The zero-order chi connectivity index (χ0) is 18.0. The van der Waals surface area contributed by atoms with Crippen molar-refractivity contribution in [1.29, 1.82) is 0 Å². The van der Waals surface area contributed by atoms with Crippen molar-refractivity contribution in [3.63, 3.8) is 0 Å². The Kier molecular flexibility index (Phi) is 21.9. The summed E-state index contributed by atoms with van der Waals surface area (Å²) in [4.78, 5) is 0. The van der Waals surface area contributed by atoms with Crippen molar-refractivity contribution in [2.75, 3.05) is 80.0 Å². The molecule has 8 heteroatoms. The van der Waals surface area contributed by atoms with E-state index in [0.29, 0.717) is 0 Å². The summed E-state index contributed by atoms with van der Waals surface area (Å²) in [5, 5.41) is 0. The van der Waals surface area contributed by atoms with Gasteiger partial charge in [0.05, 0.1) is 0 Å². The zero-order valence-electron chi connectivity index (χ0n) is 15.3. The maximum atomic E-state index is 4.70. The minimum atomic E-state index is -0.986. The SMILES string of the molecule is C[PH](C)(C)[Ni].C[PH](C)(C)[Ni].C[PH](C)(C)[Ni].C[PH](C)(C)[Ni]. The summed E-state index contributed by atoms with van der Waals surface area (Å²) < 4.78 is 0. The summed E-state index contributed by atoms with van der Waals surface area (Å²) in [6.45, 7) is 25.9. The van der Waals surface area contributed by atoms with Gasteiger partial charge in [-0.3, -0.25) is 0 Å². The van der Waals surface area contributed by atoms with Crippen LogP contribution in [0.4, 0.5) is 0 Å². The van der Waals surface area contributed by atoms with Crippen LogP contribution in [-0.2, 0) is 60.1 Å². The zero-order valence-corrected chi connectivity index (χ0v) is 23.2. The third-order valence-electron chi connectivity index (χ3n) is 0. The molecule has 0 nitrogen and oxygen atoms in total. The van der Waals surface area contributed by atoms with E-state index in [0.717, 1.165) is 0 Å². The number of rotatable bonds is 0. The van der Waals surface area contributed by atoms with E-state index in [2.05, 4.69) is 80.0 Å². The fourth-order valence-corrected chi connectivity index (χ4v) is 0. The van der Waals surface area contributed by atoms with Gasteiger partial charge in [0.1, 0.15) is 0 Å². The molecule has 0 aliphatic heterocycles. The summed E-state index contributed by atoms with van der Waals surface area (Å²) in [6.07, 6.45) is 0. The molecule has 0 saturated carbocycles. The van der Waals surface area contributed by atoms with Crippen LogP contribution in [0, 0.1) is 0 Å². The summed E-state index contributed by atoms with van der Waals surface area (Å²) in [5.41, 5.74) is 0. The molecular formula is C12H40Ni4P4. The average molecular weight is 543 g/mol. The first-order valence-electron chi connectivity index (χ1n) is 6.63. The van der Waals surface area contributed by atoms with Gasteiger partial charge in [0.2, 0.25) is 0 Å². The van der Waals surface area contributed by atoms with Crippen molar-refractivity contribution >= 4 is 24.1 Å². The van der Waals surface area contributed by atoms with Crippen LogP contribution < -0.4 is 0 Å². The summed E-state index contributed by atoms with van der Waals surface area (Å²) in [5.74, 6) is 0. The van der Waals surface area contributed by atoms with E-state index in [4.69, 9.17) is 60.1 Å². The Morgan fingerprint density at radius 1 is 0.300 bits per heavy atom. The Hall–Kier alpha value is 3.69. The molecule has 0 aromatic rings. The van der Waals surface area contributed by atoms with E-state index in [9.17, 15) is 0 Å². The fraction of sp³-hybridized carbons (Fsp3) is 1.00. The monoisotopic (exact) mass is 540 g/mol. The van der Waals surface area contributed by atoms with Crippen LogP contribution in [0.25, 0.3) is 0 Å². The molecule has 0 amide bonds. The Balaban J connectivity index is -0.0000000853. The molecule has 0 spiro atoms. The van der Waals surface area contributed by atoms with Gasteiger partial charge in [-0.1, -0.05) is 0 Å². The molecule has 0 aliphatic carbocycles. The van der Waals surface area contributed by atoms with Crippen molar-refractivity contribution < 1.29 is 60.1 Å². The first kappa shape index (κ1) is 31.5. The van der Waals surface area contributed by atoms with E-state index < -0.39 is 24.1 Å². The number of hydrogen-bond donors (Lipinski definition) is 0. The molecule has 0 heterocycles. The van der Waals surface area contributed by atoms with E-state index in [1.807, 2.05) is 0 Å². The topological polar surface area (TPSA) is 0 Å². The summed E-state index contributed by atoms with van der Waals surface area (Å²) in [7, 11) is 0. The van der Waals surface area contributed by atoms with E-state index in [-0.39, 0.29) is 0 Å². The normalized spacial score (nSPS) is 15.4. The van der Waals surface area contributed by atoms with Crippen molar-refractivity contribution in [3.05, 3.63) is 0 Å². The molecule has 0 aliphatic rings. The molecule has 0 N–H and O–H groups in total. The molecule has 0 fully saturated rings. The standard InChI is InChI=1S/4C3H9P.4Ni/c4*1-4(2)3;;;;/h4*1-3H3;;;;/q;;;;4*-1/p+4. The van der Waals surface area contributed by atoms with Gasteiger partial charge in [0.25, 0.3) is 0 Å². The van der Waals surface area contributed by atoms with Crippen LogP contribution in [-0.4, -0.2) is 80.0 Å². The quantitative estimate of drug-likeness (QED) is 0.315. The molecular weight excluding hydrogens is 503 g/mol. The van der Waals surface area contributed by atoms with E-state index >= 15 is 0 Å². The fourth-order valence-electron chi connectivity index (χ4n) is 0. The van der Waals surface area contributed by atoms with Gasteiger partial charge in [0, 0.05) is 0 Å². The predicted octanol–water partition coefficient (Wildman–Crippen LogP) is 4.35. The van der Waals surface area contributed by atoms with Gasteiger partial charge in [-0.25, -0.2) is 0 Å². The van der Waals surface area contributed by atoms with E-state index in [1.54, 1.807) is 0 Å². The van der Waals surface area contributed by atoms with Crippen LogP contribution in [0.1, 0.15) is 0 Å². The van der Waals surface area contributed by atoms with Crippen LogP contribution in [0.2, 0.25) is 0 Å². The van der Waals surface area contributed by atoms with Crippen LogP contribution in [0.15, 0.2) is 0 Å². The molecule has 0 atom stereocenters. The van der Waals surface area contributed by atoms with Crippen molar-refractivity contribution in [1.82, 2.24) is 0 Å². The van der Waals surface area contributed by atoms with Crippen molar-refractivity contribution in [2.24, 2.45) is 0 Å². The first-order valence-corrected chi connectivity index (χ1v) is 25.8. The second-order valence-electron chi connectivity index (χ2n) is 7.90. The molecule has 0 radical (unpaired) electrons. The van der Waals surface area contributed by atoms with Crippen LogP contribution in [0.5, 0.6) is 0 Å². The average Bonchev–Trinajstić information content (AvgIpc) is 1.62. The Morgan fingerprint density at radius 3 is 0.300 bits per heavy atom. The van der Waals surface area contributed by atoms with Gasteiger partial charge < -0.3 is 0 Å². The Morgan fingerprint density at radius 2 is 0.300 bits per heavy atom. The Bertz CT molecular complexity index is 137. The van der Waals surface area contributed by atoms with Gasteiger partial charge in [-0.2, -0.15) is 0 Å². The maximum absolute atomic E-state index is 4.70. The van der Waals surface area contributed by atoms with Crippen LogP contribution >= 0.6 is 24.1 Å². The third kappa shape index (κ3) is 681. The van der Waals surface area contributed by atoms with Gasteiger partial charge >= 0.3 is 164 Å². The summed E-state index contributed by atoms with van der Waals surface area (Å²) in [6, 6.07) is -3.94. The Labute approximate surface area is 163 Å². The molecule has 0 aromatic carbocycles. The van der Waals surface area contributed by atoms with Crippen molar-refractivity contribution in [2.45, 2.75) is 0 Å². The third-order valence-corrected chi connectivity index (χ3v) is 0. The molecule has 0 saturated heterocycles. The van der Waals surface area contributed by atoms with Gasteiger partial charge in [0.15, 0.2) is 0 Å². The number of hydrogen-bond acceptors (Lipinski definition) is 0. The van der Waals surface area contributed by atoms with Crippen molar-refractivity contribution in [3.8, 4) is 0 Å². The van der Waals surface area contributed by atoms with E-state index in [1.165, 1.54) is 0 Å². The predicted molar refractivity (Wildman–Crippen MR) is 104 cm³/mol. The molecule has 0 rings (SSSR count). The second-order valence-corrected chi connectivity index (χ2v) is 41.5. The molecule has 0 bridgehead atoms. The molecule has 148 valence electrons. The first-order chi connectivity index (χ1) is 8.00. The summed E-state index contributed by atoms with van der Waals surface area (Å²) >= 11 is 18.8. The molecule has 20 heavy (non-hydrogen) atoms. The van der Waals surface area contributed by atoms with Gasteiger partial charge in [-0.15, -0.1) is 0 Å². The molecule has 0 unspecified atom stereocenters.